The second kappa shape index (κ2) is 6.70. The van der Waals surface area contributed by atoms with Crippen LogP contribution in [0.2, 0.25) is 0 Å². The van der Waals surface area contributed by atoms with E-state index in [0.29, 0.717) is 18.7 Å². The van der Waals surface area contributed by atoms with Crippen molar-refractivity contribution in [1.82, 2.24) is 10.1 Å². The van der Waals surface area contributed by atoms with Crippen LogP contribution in [0, 0.1) is 13.8 Å². The standard InChI is InChI=1S/C19H22N2O4/c1-11(18-12(2)20-25-13(18)3)8-17(22)21-10-15-7-5-4-6-14(15)9-16(21)19(23)24/h4-7,11,16H,8-10H2,1-3H3,(H,23,24)/t11-,16+/m0/s1. The number of aliphatic carboxylic acids is 1. The lowest BCUT2D eigenvalue weighted by Crippen LogP contribution is -2.48. The van der Waals surface area contributed by atoms with Gasteiger partial charge in [-0.2, -0.15) is 0 Å². The van der Waals surface area contributed by atoms with Crippen molar-refractivity contribution < 1.29 is 19.2 Å². The van der Waals surface area contributed by atoms with Crippen LogP contribution in [0.15, 0.2) is 28.8 Å². The fraction of sp³-hybridized carbons (Fsp3) is 0.421. The summed E-state index contributed by atoms with van der Waals surface area (Å²) in [5.41, 5.74) is 3.71. The molecule has 0 radical (unpaired) electrons. The predicted molar refractivity (Wildman–Crippen MR) is 91.1 cm³/mol. The Morgan fingerprint density at radius 1 is 1.32 bits per heavy atom. The first-order chi connectivity index (χ1) is 11.9. The van der Waals surface area contributed by atoms with Crippen LogP contribution in [-0.4, -0.2) is 33.1 Å². The van der Waals surface area contributed by atoms with Gasteiger partial charge in [-0.15, -0.1) is 0 Å². The van der Waals surface area contributed by atoms with Gasteiger partial charge in [0.1, 0.15) is 11.8 Å². The highest BCUT2D eigenvalue weighted by molar-refractivity contribution is 5.85. The van der Waals surface area contributed by atoms with Gasteiger partial charge in [-0.3, -0.25) is 4.79 Å². The highest BCUT2D eigenvalue weighted by Gasteiger charge is 2.35. The molecule has 0 aliphatic carbocycles. The Bertz CT molecular complexity index is 792. The van der Waals surface area contributed by atoms with Crippen molar-refractivity contribution in [2.24, 2.45) is 0 Å². The molecular weight excluding hydrogens is 320 g/mol. The number of nitrogens with zero attached hydrogens (tertiary/aromatic N) is 2. The third kappa shape index (κ3) is 3.29. The number of carboxylic acid groups (broad SMARTS) is 1. The monoisotopic (exact) mass is 342 g/mol. The van der Waals surface area contributed by atoms with Gasteiger partial charge in [0.15, 0.2) is 0 Å². The van der Waals surface area contributed by atoms with Crippen LogP contribution in [-0.2, 0) is 22.6 Å². The van der Waals surface area contributed by atoms with Crippen LogP contribution in [0.4, 0.5) is 0 Å². The van der Waals surface area contributed by atoms with E-state index in [0.717, 1.165) is 22.4 Å². The summed E-state index contributed by atoms with van der Waals surface area (Å²) in [5, 5.41) is 13.5. The highest BCUT2D eigenvalue weighted by Crippen LogP contribution is 2.29. The SMILES string of the molecule is Cc1noc(C)c1[C@@H](C)CC(=O)N1Cc2ccccc2C[C@@H]1C(=O)O. The van der Waals surface area contributed by atoms with Gasteiger partial charge in [0.2, 0.25) is 5.91 Å². The molecular formula is C19H22N2O4. The molecule has 0 unspecified atom stereocenters. The van der Waals surface area contributed by atoms with Crippen molar-refractivity contribution in [2.45, 2.75) is 52.1 Å². The summed E-state index contributed by atoms with van der Waals surface area (Å²) in [6.07, 6.45) is 0.575. The third-order valence-electron chi connectivity index (χ3n) is 4.92. The summed E-state index contributed by atoms with van der Waals surface area (Å²) in [6, 6.07) is 6.87. The Morgan fingerprint density at radius 3 is 2.60 bits per heavy atom. The number of aryl methyl sites for hydroxylation is 2. The Morgan fingerprint density at radius 2 is 2.00 bits per heavy atom. The summed E-state index contributed by atoms with van der Waals surface area (Å²) in [5.74, 6) is -0.496. The normalized spacial score (nSPS) is 17.9. The summed E-state index contributed by atoms with van der Waals surface area (Å²) < 4.78 is 5.18. The molecule has 1 N–H and O–H groups in total. The Hall–Kier alpha value is -2.63. The van der Waals surface area contributed by atoms with Gasteiger partial charge in [0.05, 0.1) is 5.69 Å². The zero-order valence-electron chi connectivity index (χ0n) is 14.7. The van der Waals surface area contributed by atoms with E-state index in [9.17, 15) is 14.7 Å². The summed E-state index contributed by atoms with van der Waals surface area (Å²) in [4.78, 5) is 26.0. The molecule has 0 fully saturated rings. The van der Waals surface area contributed by atoms with Gasteiger partial charge in [0.25, 0.3) is 0 Å². The predicted octanol–water partition coefficient (Wildman–Crippen LogP) is 2.82. The molecule has 6 nitrogen and oxygen atoms in total. The maximum Gasteiger partial charge on any atom is 0.326 e. The minimum absolute atomic E-state index is 0.0784. The first-order valence-electron chi connectivity index (χ1n) is 8.40. The molecule has 132 valence electrons. The minimum Gasteiger partial charge on any atom is -0.480 e. The van der Waals surface area contributed by atoms with Crippen LogP contribution in [0.5, 0.6) is 0 Å². The van der Waals surface area contributed by atoms with E-state index >= 15 is 0 Å². The molecule has 1 aromatic carbocycles. The molecule has 6 heteroatoms. The zero-order valence-corrected chi connectivity index (χ0v) is 14.7. The molecule has 1 aromatic heterocycles. The topological polar surface area (TPSA) is 83.6 Å². The van der Waals surface area contributed by atoms with E-state index in [1.165, 1.54) is 4.90 Å². The largest absolute Gasteiger partial charge is 0.480 e. The summed E-state index contributed by atoms with van der Waals surface area (Å²) in [6.45, 7) is 5.95. The number of aromatic nitrogens is 1. The average Bonchev–Trinajstić information content (AvgIpc) is 2.92. The van der Waals surface area contributed by atoms with Gasteiger partial charge >= 0.3 is 5.97 Å². The lowest BCUT2D eigenvalue weighted by Gasteiger charge is -2.35. The maximum absolute atomic E-state index is 12.9. The van der Waals surface area contributed by atoms with E-state index in [2.05, 4.69) is 5.16 Å². The van der Waals surface area contributed by atoms with Crippen molar-refractivity contribution in [2.75, 3.05) is 0 Å². The van der Waals surface area contributed by atoms with Crippen molar-refractivity contribution in [3.8, 4) is 0 Å². The molecule has 3 rings (SSSR count). The Balaban J connectivity index is 1.81. The fourth-order valence-electron chi connectivity index (χ4n) is 3.68. The van der Waals surface area contributed by atoms with Gasteiger partial charge in [0, 0.05) is 24.9 Å². The number of carboxylic acids is 1. The van der Waals surface area contributed by atoms with Crippen LogP contribution in [0.25, 0.3) is 0 Å². The van der Waals surface area contributed by atoms with Crippen molar-refractivity contribution in [3.63, 3.8) is 0 Å². The van der Waals surface area contributed by atoms with Gasteiger partial charge in [-0.1, -0.05) is 36.3 Å². The second-order valence-corrected chi connectivity index (χ2v) is 6.69. The number of hydrogen-bond donors (Lipinski definition) is 1. The Kier molecular flexibility index (Phi) is 4.61. The molecule has 1 amide bonds. The molecule has 0 bridgehead atoms. The average molecular weight is 342 g/mol. The highest BCUT2D eigenvalue weighted by atomic mass is 16.5. The van der Waals surface area contributed by atoms with E-state index < -0.39 is 12.0 Å². The number of amides is 1. The smallest absolute Gasteiger partial charge is 0.326 e. The molecule has 1 aliphatic rings. The number of benzene rings is 1. The maximum atomic E-state index is 12.9. The number of rotatable bonds is 4. The van der Waals surface area contributed by atoms with Crippen LogP contribution >= 0.6 is 0 Å². The van der Waals surface area contributed by atoms with E-state index in [4.69, 9.17) is 4.52 Å². The number of fused-ring (bicyclic) bond motifs is 1. The molecule has 1 aliphatic heterocycles. The third-order valence-corrected chi connectivity index (χ3v) is 4.92. The van der Waals surface area contributed by atoms with E-state index in [1.807, 2.05) is 45.0 Å². The summed E-state index contributed by atoms with van der Waals surface area (Å²) >= 11 is 0. The Labute approximate surface area is 146 Å². The van der Waals surface area contributed by atoms with Gasteiger partial charge in [-0.05, 0) is 30.9 Å². The molecule has 0 saturated carbocycles. The van der Waals surface area contributed by atoms with Crippen molar-refractivity contribution in [1.29, 1.82) is 0 Å². The van der Waals surface area contributed by atoms with Crippen molar-refractivity contribution in [3.05, 3.63) is 52.4 Å². The first kappa shape index (κ1) is 17.2. The number of carbonyl (C=O) groups excluding carboxylic acids is 1. The number of carbonyl (C=O) groups is 2. The first-order valence-corrected chi connectivity index (χ1v) is 8.40. The van der Waals surface area contributed by atoms with Gasteiger partial charge < -0.3 is 14.5 Å². The van der Waals surface area contributed by atoms with Gasteiger partial charge in [-0.25, -0.2) is 4.79 Å². The molecule has 2 heterocycles. The minimum atomic E-state index is -0.965. The number of hydrogen-bond acceptors (Lipinski definition) is 4. The molecule has 0 saturated heterocycles. The molecule has 2 atom stereocenters. The van der Waals surface area contributed by atoms with E-state index in [-0.39, 0.29) is 18.2 Å². The van der Waals surface area contributed by atoms with Crippen molar-refractivity contribution >= 4 is 11.9 Å². The van der Waals surface area contributed by atoms with Crippen LogP contribution in [0.1, 0.15) is 47.4 Å². The second-order valence-electron chi connectivity index (χ2n) is 6.69. The molecule has 2 aromatic rings. The fourth-order valence-corrected chi connectivity index (χ4v) is 3.68. The quantitative estimate of drug-likeness (QED) is 0.924. The zero-order chi connectivity index (χ0) is 18.1. The molecule has 25 heavy (non-hydrogen) atoms. The lowest BCUT2D eigenvalue weighted by atomic mass is 9.91. The van der Waals surface area contributed by atoms with Crippen LogP contribution in [0.3, 0.4) is 0 Å². The lowest BCUT2D eigenvalue weighted by molar-refractivity contribution is -0.151. The van der Waals surface area contributed by atoms with Crippen LogP contribution < -0.4 is 0 Å². The van der Waals surface area contributed by atoms with E-state index in [1.54, 1.807) is 0 Å². The summed E-state index contributed by atoms with van der Waals surface area (Å²) in [7, 11) is 0. The molecule has 0 spiro atoms.